The Morgan fingerprint density at radius 3 is 2.50 bits per heavy atom. The van der Waals surface area contributed by atoms with Crippen molar-refractivity contribution in [1.82, 2.24) is 9.80 Å². The zero-order valence-electron chi connectivity index (χ0n) is 13.8. The van der Waals surface area contributed by atoms with Gasteiger partial charge in [0.05, 0.1) is 12.4 Å². The molecule has 5 nitrogen and oxygen atoms in total. The molecule has 1 saturated heterocycles. The van der Waals surface area contributed by atoms with Crippen LogP contribution < -0.4 is 0 Å². The summed E-state index contributed by atoms with van der Waals surface area (Å²) in [6, 6.07) is 13.5. The maximum atomic E-state index is 12.3. The first-order valence-electron chi connectivity index (χ1n) is 8.48. The number of nitrogens with zero attached hydrogens (tertiary/aromatic N) is 2. The standard InChI is InChI=1S/C19H24N2O3/c22-18(16-5-2-1-3-6-16)15-20-10-12-21(13-11-20)19(23)9-8-17-7-4-14-24-17/h1-7,14,18,22H,8-13,15H2/t18-/m0/s1. The monoisotopic (exact) mass is 328 g/mol. The number of hydrogen-bond acceptors (Lipinski definition) is 4. The van der Waals surface area contributed by atoms with E-state index in [1.807, 2.05) is 47.4 Å². The van der Waals surface area contributed by atoms with E-state index in [9.17, 15) is 9.90 Å². The average molecular weight is 328 g/mol. The van der Waals surface area contributed by atoms with Gasteiger partial charge in [0.15, 0.2) is 0 Å². The van der Waals surface area contributed by atoms with Crippen LogP contribution in [-0.4, -0.2) is 53.5 Å². The number of rotatable bonds is 6. The van der Waals surface area contributed by atoms with Gasteiger partial charge in [-0.25, -0.2) is 0 Å². The van der Waals surface area contributed by atoms with Crippen molar-refractivity contribution < 1.29 is 14.3 Å². The molecule has 1 fully saturated rings. The molecule has 1 amide bonds. The highest BCUT2D eigenvalue weighted by molar-refractivity contribution is 5.76. The first kappa shape index (κ1) is 16.7. The molecule has 1 aromatic heterocycles. The molecule has 1 atom stereocenters. The summed E-state index contributed by atoms with van der Waals surface area (Å²) in [6.45, 7) is 3.65. The largest absolute Gasteiger partial charge is 0.469 e. The maximum absolute atomic E-state index is 12.3. The Labute approximate surface area is 142 Å². The second-order valence-corrected chi connectivity index (χ2v) is 6.19. The van der Waals surface area contributed by atoms with Crippen molar-refractivity contribution in [2.45, 2.75) is 18.9 Å². The Hall–Kier alpha value is -2.11. The lowest BCUT2D eigenvalue weighted by atomic mass is 10.1. The van der Waals surface area contributed by atoms with E-state index in [1.54, 1.807) is 6.26 Å². The second-order valence-electron chi connectivity index (χ2n) is 6.19. The van der Waals surface area contributed by atoms with E-state index in [2.05, 4.69) is 4.90 Å². The number of carbonyl (C=O) groups is 1. The van der Waals surface area contributed by atoms with Gasteiger partial charge in [0, 0.05) is 45.6 Å². The molecule has 24 heavy (non-hydrogen) atoms. The molecule has 1 aromatic carbocycles. The van der Waals surface area contributed by atoms with Crippen LogP contribution in [0.4, 0.5) is 0 Å². The number of β-amino-alcohol motifs (C(OH)–C–C–N with tert-alkyl or cyclic N) is 1. The van der Waals surface area contributed by atoms with Gasteiger partial charge in [-0.05, 0) is 17.7 Å². The molecule has 0 bridgehead atoms. The fourth-order valence-electron chi connectivity index (χ4n) is 3.05. The lowest BCUT2D eigenvalue weighted by molar-refractivity contribution is -0.133. The van der Waals surface area contributed by atoms with Gasteiger partial charge >= 0.3 is 0 Å². The van der Waals surface area contributed by atoms with Gasteiger partial charge in [-0.2, -0.15) is 0 Å². The molecular weight excluding hydrogens is 304 g/mol. The van der Waals surface area contributed by atoms with Crippen LogP contribution in [0.1, 0.15) is 23.8 Å². The first-order chi connectivity index (χ1) is 11.7. The van der Waals surface area contributed by atoms with Crippen LogP contribution in [0, 0.1) is 0 Å². The Bertz CT molecular complexity index is 619. The minimum atomic E-state index is -0.479. The minimum Gasteiger partial charge on any atom is -0.469 e. The second kappa shape index (κ2) is 8.13. The van der Waals surface area contributed by atoms with Crippen molar-refractivity contribution in [3.05, 3.63) is 60.1 Å². The lowest BCUT2D eigenvalue weighted by Gasteiger charge is -2.35. The molecule has 5 heteroatoms. The van der Waals surface area contributed by atoms with Gasteiger partial charge < -0.3 is 14.4 Å². The number of furan rings is 1. The Morgan fingerprint density at radius 2 is 1.83 bits per heavy atom. The quantitative estimate of drug-likeness (QED) is 0.882. The SMILES string of the molecule is O=C(CCc1ccco1)N1CCN(C[C@H](O)c2ccccc2)CC1. The van der Waals surface area contributed by atoms with Crippen molar-refractivity contribution in [3.63, 3.8) is 0 Å². The normalized spacial score (nSPS) is 17.0. The lowest BCUT2D eigenvalue weighted by Crippen LogP contribution is -2.49. The third kappa shape index (κ3) is 4.46. The van der Waals surface area contributed by atoms with Gasteiger partial charge in [-0.1, -0.05) is 30.3 Å². The minimum absolute atomic E-state index is 0.176. The number of benzene rings is 1. The summed E-state index contributed by atoms with van der Waals surface area (Å²) in [5.41, 5.74) is 0.939. The van der Waals surface area contributed by atoms with Gasteiger partial charge in [-0.15, -0.1) is 0 Å². The van der Waals surface area contributed by atoms with E-state index in [1.165, 1.54) is 0 Å². The van der Waals surface area contributed by atoms with E-state index in [0.717, 1.165) is 37.5 Å². The van der Waals surface area contributed by atoms with Gasteiger partial charge in [0.2, 0.25) is 5.91 Å². The van der Waals surface area contributed by atoms with Crippen molar-refractivity contribution in [2.24, 2.45) is 0 Å². The Balaban J connectivity index is 1.41. The summed E-state index contributed by atoms with van der Waals surface area (Å²) in [7, 11) is 0. The van der Waals surface area contributed by atoms with Crippen molar-refractivity contribution in [2.75, 3.05) is 32.7 Å². The third-order valence-corrected chi connectivity index (χ3v) is 4.51. The summed E-state index contributed by atoms with van der Waals surface area (Å²) >= 11 is 0. The number of aryl methyl sites for hydroxylation is 1. The zero-order valence-corrected chi connectivity index (χ0v) is 13.8. The van der Waals surface area contributed by atoms with Crippen LogP contribution in [0.5, 0.6) is 0 Å². The van der Waals surface area contributed by atoms with E-state index < -0.39 is 6.10 Å². The summed E-state index contributed by atoms with van der Waals surface area (Å²) in [5, 5.41) is 10.3. The van der Waals surface area contributed by atoms with E-state index >= 15 is 0 Å². The smallest absolute Gasteiger partial charge is 0.223 e. The van der Waals surface area contributed by atoms with Crippen LogP contribution in [0.15, 0.2) is 53.1 Å². The number of amides is 1. The van der Waals surface area contributed by atoms with Crippen molar-refractivity contribution >= 4 is 5.91 Å². The molecule has 128 valence electrons. The number of piperazine rings is 1. The van der Waals surface area contributed by atoms with Crippen LogP contribution >= 0.6 is 0 Å². The molecule has 0 radical (unpaired) electrons. The summed E-state index contributed by atoms with van der Waals surface area (Å²) in [5.74, 6) is 1.03. The fourth-order valence-corrected chi connectivity index (χ4v) is 3.05. The number of hydrogen-bond donors (Lipinski definition) is 1. The third-order valence-electron chi connectivity index (χ3n) is 4.51. The molecule has 2 aromatic rings. The highest BCUT2D eigenvalue weighted by Crippen LogP contribution is 2.15. The van der Waals surface area contributed by atoms with E-state index in [4.69, 9.17) is 4.42 Å². The Morgan fingerprint density at radius 1 is 1.08 bits per heavy atom. The van der Waals surface area contributed by atoms with E-state index in [0.29, 0.717) is 19.4 Å². The van der Waals surface area contributed by atoms with Crippen LogP contribution in [0.3, 0.4) is 0 Å². The first-order valence-corrected chi connectivity index (χ1v) is 8.48. The van der Waals surface area contributed by atoms with Crippen LogP contribution in [0.2, 0.25) is 0 Å². The molecule has 0 unspecified atom stereocenters. The fraction of sp³-hybridized carbons (Fsp3) is 0.421. The molecule has 0 spiro atoms. The van der Waals surface area contributed by atoms with Gasteiger partial charge in [0.1, 0.15) is 5.76 Å². The number of aliphatic hydroxyl groups excluding tert-OH is 1. The summed E-state index contributed by atoms with van der Waals surface area (Å²) < 4.78 is 5.27. The Kier molecular flexibility index (Phi) is 5.67. The maximum Gasteiger partial charge on any atom is 0.223 e. The average Bonchev–Trinajstić information content (AvgIpc) is 3.14. The molecule has 1 aliphatic heterocycles. The summed E-state index contributed by atoms with van der Waals surface area (Å²) in [4.78, 5) is 16.4. The summed E-state index contributed by atoms with van der Waals surface area (Å²) in [6.07, 6.45) is 2.29. The molecule has 0 aliphatic carbocycles. The molecular formula is C19H24N2O3. The van der Waals surface area contributed by atoms with Crippen molar-refractivity contribution in [1.29, 1.82) is 0 Å². The molecule has 1 aliphatic rings. The van der Waals surface area contributed by atoms with Crippen LogP contribution in [0.25, 0.3) is 0 Å². The highest BCUT2D eigenvalue weighted by atomic mass is 16.3. The van der Waals surface area contributed by atoms with E-state index in [-0.39, 0.29) is 5.91 Å². The molecule has 0 saturated carbocycles. The van der Waals surface area contributed by atoms with Crippen molar-refractivity contribution in [3.8, 4) is 0 Å². The predicted octanol–water partition coefficient (Wildman–Crippen LogP) is 2.09. The van der Waals surface area contributed by atoms with Crippen LogP contribution in [-0.2, 0) is 11.2 Å². The van der Waals surface area contributed by atoms with Gasteiger partial charge in [0.25, 0.3) is 0 Å². The molecule has 2 heterocycles. The number of aliphatic hydroxyl groups is 1. The predicted molar refractivity (Wildman–Crippen MR) is 91.5 cm³/mol. The molecule has 1 N–H and O–H groups in total. The van der Waals surface area contributed by atoms with Gasteiger partial charge in [-0.3, -0.25) is 9.69 Å². The zero-order chi connectivity index (χ0) is 16.8. The molecule has 3 rings (SSSR count). The topological polar surface area (TPSA) is 56.9 Å². The highest BCUT2D eigenvalue weighted by Gasteiger charge is 2.22. The number of carbonyl (C=O) groups excluding carboxylic acids is 1.